The number of unbranched alkanes of at least 4 members (excludes halogenated alkanes) is 2. The summed E-state index contributed by atoms with van der Waals surface area (Å²) in [4.78, 5) is 38.8. The minimum Gasteiger partial charge on any atom is -0.465 e. The molecule has 0 rings (SSSR count). The molecule has 110 valence electrons. The van der Waals surface area contributed by atoms with Gasteiger partial charge in [-0.25, -0.2) is 4.79 Å². The lowest BCUT2D eigenvalue weighted by atomic mass is 10.2. The maximum absolute atomic E-state index is 10.9. The predicted octanol–water partition coefficient (Wildman–Crippen LogP) is 0.997. The molecule has 0 aliphatic rings. The summed E-state index contributed by atoms with van der Waals surface area (Å²) < 4.78 is 19.9. The van der Waals surface area contributed by atoms with Crippen LogP contribution >= 0.6 is 7.60 Å². The zero-order chi connectivity index (χ0) is 14.7. The normalized spacial score (nSPS) is 11.5. The summed E-state index contributed by atoms with van der Waals surface area (Å²) >= 11 is 0. The van der Waals surface area contributed by atoms with E-state index in [1.807, 2.05) is 0 Å². The molecule has 0 atom stereocenters. The standard InChI is InChI=1S/C11H19O7P/c1-2-6-10(12)17-7-4-3-5-8-18-11(13)9-19(14,15)16/h2,6H,3-5,7-9H2,1H3,(H2,14,15,16). The van der Waals surface area contributed by atoms with Crippen LogP contribution in [0.5, 0.6) is 0 Å². The van der Waals surface area contributed by atoms with Crippen molar-refractivity contribution in [2.75, 3.05) is 19.4 Å². The highest BCUT2D eigenvalue weighted by atomic mass is 31.2. The molecule has 7 nitrogen and oxygen atoms in total. The van der Waals surface area contributed by atoms with Crippen molar-refractivity contribution in [1.82, 2.24) is 0 Å². The third-order valence-electron chi connectivity index (χ3n) is 1.93. The summed E-state index contributed by atoms with van der Waals surface area (Å²) in [5, 5.41) is 0. The van der Waals surface area contributed by atoms with Crippen LogP contribution in [-0.4, -0.2) is 41.1 Å². The molecule has 0 aromatic heterocycles. The average Bonchev–Trinajstić information content (AvgIpc) is 2.25. The molecule has 0 heterocycles. The number of rotatable bonds is 9. The Morgan fingerprint density at radius 2 is 1.68 bits per heavy atom. The third kappa shape index (κ3) is 13.1. The molecule has 8 heteroatoms. The van der Waals surface area contributed by atoms with Gasteiger partial charge in [0.05, 0.1) is 13.2 Å². The summed E-state index contributed by atoms with van der Waals surface area (Å²) in [6, 6.07) is 0. The van der Waals surface area contributed by atoms with Crippen molar-refractivity contribution in [2.24, 2.45) is 0 Å². The van der Waals surface area contributed by atoms with Gasteiger partial charge in [0, 0.05) is 6.08 Å². The van der Waals surface area contributed by atoms with Crippen LogP contribution in [0.25, 0.3) is 0 Å². The molecule has 19 heavy (non-hydrogen) atoms. The Balaban J connectivity index is 3.44. The van der Waals surface area contributed by atoms with E-state index in [1.54, 1.807) is 13.0 Å². The number of allylic oxidation sites excluding steroid dienone is 1. The summed E-state index contributed by atoms with van der Waals surface area (Å²) in [6.07, 6.45) is 3.89. The van der Waals surface area contributed by atoms with E-state index < -0.39 is 25.7 Å². The third-order valence-corrected chi connectivity index (χ3v) is 2.60. The van der Waals surface area contributed by atoms with Gasteiger partial charge in [0.15, 0.2) is 0 Å². The first-order valence-corrected chi connectivity index (χ1v) is 7.64. The zero-order valence-electron chi connectivity index (χ0n) is 10.8. The fourth-order valence-electron chi connectivity index (χ4n) is 1.14. The molecular weight excluding hydrogens is 275 g/mol. The predicted molar refractivity (Wildman–Crippen MR) is 67.5 cm³/mol. The molecule has 0 aliphatic carbocycles. The zero-order valence-corrected chi connectivity index (χ0v) is 11.7. The van der Waals surface area contributed by atoms with Gasteiger partial charge >= 0.3 is 19.5 Å². The van der Waals surface area contributed by atoms with Crippen molar-refractivity contribution in [3.05, 3.63) is 12.2 Å². The molecule has 2 N–H and O–H groups in total. The Morgan fingerprint density at radius 1 is 1.11 bits per heavy atom. The second-order valence-corrected chi connectivity index (χ2v) is 5.42. The smallest absolute Gasteiger partial charge is 0.336 e. The fraction of sp³-hybridized carbons (Fsp3) is 0.636. The molecule has 0 radical (unpaired) electrons. The molecule has 0 unspecified atom stereocenters. The lowest BCUT2D eigenvalue weighted by Crippen LogP contribution is -2.11. The van der Waals surface area contributed by atoms with Gasteiger partial charge in [-0.1, -0.05) is 6.08 Å². The molecule has 0 amide bonds. The van der Waals surface area contributed by atoms with Gasteiger partial charge in [-0.3, -0.25) is 9.36 Å². The number of hydrogen-bond donors (Lipinski definition) is 2. The molecule has 0 aromatic rings. The van der Waals surface area contributed by atoms with Crippen LogP contribution in [0.4, 0.5) is 0 Å². The molecule has 0 saturated carbocycles. The highest BCUT2D eigenvalue weighted by Crippen LogP contribution is 2.33. The number of carbonyl (C=O) groups is 2. The van der Waals surface area contributed by atoms with Crippen molar-refractivity contribution in [3.63, 3.8) is 0 Å². The second-order valence-electron chi connectivity index (χ2n) is 3.77. The fourth-order valence-corrected chi connectivity index (χ4v) is 1.57. The van der Waals surface area contributed by atoms with E-state index in [1.165, 1.54) is 6.08 Å². The summed E-state index contributed by atoms with van der Waals surface area (Å²) in [5.74, 6) is -1.30. The Labute approximate surface area is 111 Å². The van der Waals surface area contributed by atoms with Crippen LogP contribution < -0.4 is 0 Å². The molecule has 0 aliphatic heterocycles. The molecule has 0 aromatic carbocycles. The average molecular weight is 294 g/mol. The van der Waals surface area contributed by atoms with Crippen molar-refractivity contribution < 1.29 is 33.4 Å². The van der Waals surface area contributed by atoms with Crippen LogP contribution in [0.3, 0.4) is 0 Å². The number of ether oxygens (including phenoxy) is 2. The maximum Gasteiger partial charge on any atom is 0.336 e. The van der Waals surface area contributed by atoms with E-state index in [-0.39, 0.29) is 6.61 Å². The molecule has 0 saturated heterocycles. The summed E-state index contributed by atoms with van der Waals surface area (Å²) in [5.41, 5.74) is 0. The van der Waals surface area contributed by atoms with Gasteiger partial charge in [0.25, 0.3) is 0 Å². The van der Waals surface area contributed by atoms with Gasteiger partial charge in [-0.15, -0.1) is 0 Å². The van der Waals surface area contributed by atoms with Crippen LogP contribution in [0.2, 0.25) is 0 Å². The SMILES string of the molecule is CC=CC(=O)OCCCCCOC(=O)CP(=O)(O)O. The highest BCUT2D eigenvalue weighted by Gasteiger charge is 2.19. The van der Waals surface area contributed by atoms with Gasteiger partial charge in [-0.05, 0) is 26.2 Å². The van der Waals surface area contributed by atoms with Gasteiger partial charge in [0.1, 0.15) is 6.16 Å². The van der Waals surface area contributed by atoms with Crippen LogP contribution in [0, 0.1) is 0 Å². The first-order valence-electron chi connectivity index (χ1n) is 5.85. The minimum atomic E-state index is -4.34. The second kappa shape index (κ2) is 9.72. The molecular formula is C11H19O7P. The number of carbonyl (C=O) groups excluding carboxylic acids is 2. The van der Waals surface area contributed by atoms with Crippen molar-refractivity contribution in [3.8, 4) is 0 Å². The lowest BCUT2D eigenvalue weighted by Gasteiger charge is -2.06. The van der Waals surface area contributed by atoms with Crippen LogP contribution in [0.1, 0.15) is 26.2 Å². The Hall–Kier alpha value is -1.17. The molecule has 0 spiro atoms. The van der Waals surface area contributed by atoms with Gasteiger partial charge in [-0.2, -0.15) is 0 Å². The van der Waals surface area contributed by atoms with Gasteiger partial charge in [0.2, 0.25) is 0 Å². The van der Waals surface area contributed by atoms with E-state index in [2.05, 4.69) is 4.74 Å². The first-order chi connectivity index (χ1) is 8.85. The van der Waals surface area contributed by atoms with E-state index in [0.29, 0.717) is 25.9 Å². The molecule has 0 fully saturated rings. The number of esters is 2. The Kier molecular flexibility index (Phi) is 9.12. The van der Waals surface area contributed by atoms with Crippen molar-refractivity contribution in [2.45, 2.75) is 26.2 Å². The minimum absolute atomic E-state index is 0.0989. The molecule has 0 bridgehead atoms. The number of hydrogen-bond acceptors (Lipinski definition) is 5. The lowest BCUT2D eigenvalue weighted by molar-refractivity contribution is -0.140. The van der Waals surface area contributed by atoms with E-state index in [4.69, 9.17) is 14.5 Å². The van der Waals surface area contributed by atoms with E-state index in [0.717, 1.165) is 0 Å². The van der Waals surface area contributed by atoms with Crippen molar-refractivity contribution >= 4 is 19.5 Å². The van der Waals surface area contributed by atoms with Crippen molar-refractivity contribution in [1.29, 1.82) is 0 Å². The van der Waals surface area contributed by atoms with E-state index >= 15 is 0 Å². The summed E-state index contributed by atoms with van der Waals surface area (Å²) in [7, 11) is -4.34. The summed E-state index contributed by atoms with van der Waals surface area (Å²) in [6.45, 7) is 2.11. The van der Waals surface area contributed by atoms with Gasteiger partial charge < -0.3 is 19.3 Å². The monoisotopic (exact) mass is 294 g/mol. The maximum atomic E-state index is 10.9. The Bertz CT molecular complexity index is 358. The van der Waals surface area contributed by atoms with Crippen LogP contribution in [-0.2, 0) is 23.6 Å². The topological polar surface area (TPSA) is 110 Å². The highest BCUT2D eigenvalue weighted by molar-refractivity contribution is 7.52. The largest absolute Gasteiger partial charge is 0.465 e. The quantitative estimate of drug-likeness (QED) is 0.282. The first kappa shape index (κ1) is 17.8. The van der Waals surface area contributed by atoms with Crippen LogP contribution in [0.15, 0.2) is 12.2 Å². The van der Waals surface area contributed by atoms with E-state index in [9.17, 15) is 14.2 Å². The Morgan fingerprint density at radius 3 is 2.21 bits per heavy atom.